The lowest BCUT2D eigenvalue weighted by atomic mass is 9.92. The highest BCUT2D eigenvalue weighted by Crippen LogP contribution is 2.44. The van der Waals surface area contributed by atoms with Crippen LogP contribution in [0.3, 0.4) is 0 Å². The number of aldehydes is 1. The summed E-state index contributed by atoms with van der Waals surface area (Å²) in [5.74, 6) is 1.33. The van der Waals surface area contributed by atoms with E-state index in [-0.39, 0.29) is 6.61 Å². The molecule has 1 unspecified atom stereocenters. The normalized spacial score (nSPS) is 18.0. The first-order chi connectivity index (χ1) is 14.2. The zero-order valence-corrected chi connectivity index (χ0v) is 17.9. The second-order valence-corrected chi connectivity index (χ2v) is 7.97. The molecule has 0 N–H and O–H groups in total. The largest absolute Gasteiger partial charge is 0.497 e. The second-order valence-electron chi connectivity index (χ2n) is 7.97. The van der Waals surface area contributed by atoms with Crippen LogP contribution in [0, 0.1) is 0 Å². The maximum Gasteiger partial charge on any atom is 0.413 e. The Kier molecular flexibility index (Phi) is 6.03. The quantitative estimate of drug-likeness (QED) is 0.696. The van der Waals surface area contributed by atoms with Crippen LogP contribution in [0.1, 0.15) is 31.9 Å². The third-order valence-electron chi connectivity index (χ3n) is 4.84. The van der Waals surface area contributed by atoms with E-state index in [1.54, 1.807) is 59.3 Å². The fourth-order valence-corrected chi connectivity index (χ4v) is 3.50. The molecule has 0 aromatic heterocycles. The summed E-state index contributed by atoms with van der Waals surface area (Å²) in [7, 11) is 3.16. The van der Waals surface area contributed by atoms with Crippen LogP contribution in [0.25, 0.3) is 0 Å². The number of ether oxygens (including phenoxy) is 4. The van der Waals surface area contributed by atoms with Gasteiger partial charge in [0, 0.05) is 11.1 Å². The molecule has 3 rings (SSSR count). The highest BCUT2D eigenvalue weighted by Gasteiger charge is 2.54. The van der Waals surface area contributed by atoms with Crippen LogP contribution in [-0.4, -0.2) is 49.7 Å². The highest BCUT2D eigenvalue weighted by atomic mass is 16.6. The molecule has 0 aliphatic carbocycles. The van der Waals surface area contributed by atoms with Crippen molar-refractivity contribution in [1.82, 2.24) is 4.90 Å². The van der Waals surface area contributed by atoms with Crippen molar-refractivity contribution in [3.63, 3.8) is 0 Å². The number of nitrogens with zero attached hydrogens (tertiary/aromatic N) is 1. The Morgan fingerprint density at radius 3 is 1.83 bits per heavy atom. The molecule has 0 spiro atoms. The van der Waals surface area contributed by atoms with Gasteiger partial charge in [-0.15, -0.1) is 0 Å². The predicted octanol–water partition coefficient (Wildman–Crippen LogP) is 3.74. The summed E-state index contributed by atoms with van der Waals surface area (Å²) in [6.45, 7) is 5.38. The zero-order valence-electron chi connectivity index (χ0n) is 17.9. The Hall–Kier alpha value is -3.06. The average molecular weight is 413 g/mol. The van der Waals surface area contributed by atoms with Gasteiger partial charge in [-0.05, 0) is 45.0 Å². The lowest BCUT2D eigenvalue weighted by Crippen LogP contribution is -2.52. The Morgan fingerprint density at radius 2 is 1.47 bits per heavy atom. The molecule has 7 heteroatoms. The molecule has 1 aliphatic heterocycles. The van der Waals surface area contributed by atoms with Crippen LogP contribution < -0.4 is 9.47 Å². The predicted molar refractivity (Wildman–Crippen MR) is 111 cm³/mol. The highest BCUT2D eigenvalue weighted by molar-refractivity contribution is 5.77. The summed E-state index contributed by atoms with van der Waals surface area (Å²) in [5.41, 5.74) is -0.738. The van der Waals surface area contributed by atoms with Crippen molar-refractivity contribution >= 4 is 12.4 Å². The van der Waals surface area contributed by atoms with Crippen molar-refractivity contribution in [2.45, 2.75) is 38.1 Å². The number of hydrogen-bond donors (Lipinski definition) is 0. The molecule has 160 valence electrons. The minimum atomic E-state index is -1.34. The van der Waals surface area contributed by atoms with Gasteiger partial charge in [-0.25, -0.2) is 4.79 Å². The van der Waals surface area contributed by atoms with Gasteiger partial charge in [0.25, 0.3) is 0 Å². The van der Waals surface area contributed by atoms with Crippen LogP contribution in [0.5, 0.6) is 11.5 Å². The standard InChI is InChI=1S/C23H27NO6/c1-22(2,3)30-21(26)24-18(14-25)15-29-23(24,16-6-10-19(27-4)11-7-16)17-8-12-20(28-5)13-9-17/h6-14,18H,15H2,1-5H3. The summed E-state index contributed by atoms with van der Waals surface area (Å²) in [6.07, 6.45) is 0.0716. The van der Waals surface area contributed by atoms with Crippen LogP contribution in [-0.2, 0) is 20.0 Å². The lowest BCUT2D eigenvalue weighted by molar-refractivity contribution is -0.113. The van der Waals surface area contributed by atoms with E-state index in [2.05, 4.69) is 0 Å². The Labute approximate surface area is 176 Å². The first-order valence-corrected chi connectivity index (χ1v) is 9.66. The summed E-state index contributed by atoms with van der Waals surface area (Å²) < 4.78 is 22.4. The summed E-state index contributed by atoms with van der Waals surface area (Å²) in [5, 5.41) is 0. The minimum absolute atomic E-state index is 0.0425. The van der Waals surface area contributed by atoms with Crippen molar-refractivity contribution in [3.8, 4) is 11.5 Å². The Balaban J connectivity index is 2.19. The first kappa shape index (κ1) is 21.6. The number of amides is 1. The number of carbonyl (C=O) groups excluding carboxylic acids is 2. The molecule has 1 heterocycles. The van der Waals surface area contributed by atoms with Gasteiger partial charge in [0.15, 0.2) is 5.72 Å². The van der Waals surface area contributed by atoms with Crippen molar-refractivity contribution in [2.75, 3.05) is 20.8 Å². The van der Waals surface area contributed by atoms with Gasteiger partial charge in [0.1, 0.15) is 29.4 Å². The van der Waals surface area contributed by atoms with Crippen molar-refractivity contribution < 1.29 is 28.5 Å². The van der Waals surface area contributed by atoms with Gasteiger partial charge in [0.2, 0.25) is 0 Å². The smallest absolute Gasteiger partial charge is 0.413 e. The minimum Gasteiger partial charge on any atom is -0.497 e. The number of carbonyl (C=O) groups is 2. The van der Waals surface area contributed by atoms with E-state index in [0.29, 0.717) is 28.9 Å². The van der Waals surface area contributed by atoms with Crippen LogP contribution in [0.4, 0.5) is 4.79 Å². The van der Waals surface area contributed by atoms with Crippen molar-refractivity contribution in [2.24, 2.45) is 0 Å². The number of rotatable bonds is 5. The molecule has 30 heavy (non-hydrogen) atoms. The van der Waals surface area contributed by atoms with Crippen LogP contribution in [0.2, 0.25) is 0 Å². The Bertz CT molecular complexity index is 838. The van der Waals surface area contributed by atoms with Gasteiger partial charge < -0.3 is 23.7 Å². The molecule has 0 radical (unpaired) electrons. The molecule has 1 fully saturated rings. The fraction of sp³-hybridized carbons (Fsp3) is 0.391. The van der Waals surface area contributed by atoms with Crippen LogP contribution >= 0.6 is 0 Å². The van der Waals surface area contributed by atoms with E-state index in [4.69, 9.17) is 18.9 Å². The number of hydrogen-bond acceptors (Lipinski definition) is 6. The summed E-state index contributed by atoms with van der Waals surface area (Å²) >= 11 is 0. The van der Waals surface area contributed by atoms with Gasteiger partial charge in [0.05, 0.1) is 20.8 Å². The number of methoxy groups -OCH3 is 2. The van der Waals surface area contributed by atoms with E-state index >= 15 is 0 Å². The molecule has 7 nitrogen and oxygen atoms in total. The van der Waals surface area contributed by atoms with Gasteiger partial charge in [-0.2, -0.15) is 0 Å². The Morgan fingerprint density at radius 1 is 1.00 bits per heavy atom. The average Bonchev–Trinajstić information content (AvgIpc) is 3.13. The van der Waals surface area contributed by atoms with E-state index in [1.807, 2.05) is 24.3 Å². The van der Waals surface area contributed by atoms with E-state index in [9.17, 15) is 9.59 Å². The molecule has 1 amide bonds. The molecular formula is C23H27NO6. The topological polar surface area (TPSA) is 74.3 Å². The molecule has 0 bridgehead atoms. The van der Waals surface area contributed by atoms with Crippen molar-refractivity contribution in [1.29, 1.82) is 0 Å². The monoisotopic (exact) mass is 413 g/mol. The van der Waals surface area contributed by atoms with Crippen molar-refractivity contribution in [3.05, 3.63) is 59.7 Å². The third kappa shape index (κ3) is 3.98. The van der Waals surface area contributed by atoms with Gasteiger partial charge in [-0.1, -0.05) is 24.3 Å². The summed E-state index contributed by atoms with van der Waals surface area (Å²) in [4.78, 5) is 26.5. The first-order valence-electron chi connectivity index (χ1n) is 9.66. The zero-order chi connectivity index (χ0) is 21.9. The summed E-state index contributed by atoms with van der Waals surface area (Å²) in [6, 6.07) is 13.6. The third-order valence-corrected chi connectivity index (χ3v) is 4.84. The second kappa shape index (κ2) is 8.36. The van der Waals surface area contributed by atoms with E-state index < -0.39 is 23.5 Å². The molecule has 1 atom stereocenters. The fourth-order valence-electron chi connectivity index (χ4n) is 3.50. The molecule has 1 saturated heterocycles. The lowest BCUT2D eigenvalue weighted by Gasteiger charge is -2.39. The number of benzene rings is 2. The van der Waals surface area contributed by atoms with E-state index in [1.165, 1.54) is 4.90 Å². The maximum absolute atomic E-state index is 13.3. The molecule has 2 aromatic rings. The molecule has 0 saturated carbocycles. The molecule has 2 aromatic carbocycles. The van der Waals surface area contributed by atoms with E-state index in [0.717, 1.165) is 0 Å². The molecule has 1 aliphatic rings. The maximum atomic E-state index is 13.3. The SMILES string of the molecule is COc1ccc(C2(c3ccc(OC)cc3)OCC(C=O)N2C(=O)OC(C)(C)C)cc1. The van der Waals surface area contributed by atoms with Crippen LogP contribution in [0.15, 0.2) is 48.5 Å². The molecular weight excluding hydrogens is 386 g/mol. The van der Waals surface area contributed by atoms with Gasteiger partial charge in [-0.3, -0.25) is 4.90 Å². The van der Waals surface area contributed by atoms with Gasteiger partial charge >= 0.3 is 6.09 Å².